The first-order chi connectivity index (χ1) is 13.5. The Morgan fingerprint density at radius 2 is 1.82 bits per heavy atom. The number of fused-ring (bicyclic) bond motifs is 1. The third kappa shape index (κ3) is 3.17. The van der Waals surface area contributed by atoms with Gasteiger partial charge in [0.15, 0.2) is 0 Å². The molecular weight excluding hydrogens is 360 g/mol. The second-order valence-electron chi connectivity index (χ2n) is 7.72. The van der Waals surface area contributed by atoms with Gasteiger partial charge in [0.05, 0.1) is 11.1 Å². The molecule has 3 heterocycles. The largest absolute Gasteiger partial charge is 0.371 e. The van der Waals surface area contributed by atoms with Crippen LogP contribution >= 0.6 is 0 Å². The fourth-order valence-electron chi connectivity index (χ4n) is 4.31. The van der Waals surface area contributed by atoms with Gasteiger partial charge in [-0.05, 0) is 49.9 Å². The molecule has 148 valence electrons. The van der Waals surface area contributed by atoms with Gasteiger partial charge in [-0.3, -0.25) is 29.4 Å². The predicted molar refractivity (Wildman–Crippen MR) is 102 cm³/mol. The van der Waals surface area contributed by atoms with Crippen molar-refractivity contribution in [1.29, 1.82) is 0 Å². The first kappa shape index (κ1) is 18.6. The summed E-state index contributed by atoms with van der Waals surface area (Å²) >= 11 is 0. The number of amides is 4. The number of nitrogens with one attached hydrogen (secondary N) is 1. The molecule has 3 aliphatic heterocycles. The van der Waals surface area contributed by atoms with Gasteiger partial charge in [-0.15, -0.1) is 0 Å². The summed E-state index contributed by atoms with van der Waals surface area (Å²) in [5.41, 5.74) is 7.40. The van der Waals surface area contributed by atoms with Crippen LogP contribution in [0.5, 0.6) is 0 Å². The fourth-order valence-corrected chi connectivity index (χ4v) is 4.31. The number of hydrogen-bond donors (Lipinski definition) is 2. The van der Waals surface area contributed by atoms with E-state index in [0.717, 1.165) is 42.9 Å². The lowest BCUT2D eigenvalue weighted by atomic mass is 10.0. The number of nitrogens with zero attached hydrogens (tertiary/aromatic N) is 2. The van der Waals surface area contributed by atoms with Gasteiger partial charge >= 0.3 is 0 Å². The number of anilines is 1. The number of piperidine rings is 1. The third-order valence-electron chi connectivity index (χ3n) is 5.89. The van der Waals surface area contributed by atoms with E-state index in [1.807, 2.05) is 6.07 Å². The van der Waals surface area contributed by atoms with Crippen molar-refractivity contribution in [3.8, 4) is 0 Å². The highest BCUT2D eigenvalue weighted by Gasteiger charge is 2.44. The Balaban J connectivity index is 1.60. The van der Waals surface area contributed by atoms with Crippen LogP contribution < -0.4 is 16.0 Å². The molecule has 28 heavy (non-hydrogen) atoms. The van der Waals surface area contributed by atoms with Crippen molar-refractivity contribution in [2.45, 2.75) is 38.1 Å². The molecule has 8 nitrogen and oxygen atoms in total. The van der Waals surface area contributed by atoms with Crippen molar-refractivity contribution in [1.82, 2.24) is 10.2 Å². The smallest absolute Gasteiger partial charge is 0.262 e. The minimum Gasteiger partial charge on any atom is -0.371 e. The summed E-state index contributed by atoms with van der Waals surface area (Å²) in [4.78, 5) is 52.5. The summed E-state index contributed by atoms with van der Waals surface area (Å²) in [5, 5.41) is 2.21. The average molecular weight is 384 g/mol. The second-order valence-corrected chi connectivity index (χ2v) is 7.72. The quantitative estimate of drug-likeness (QED) is 0.740. The van der Waals surface area contributed by atoms with Crippen molar-refractivity contribution in [3.63, 3.8) is 0 Å². The average Bonchev–Trinajstić information content (AvgIpc) is 2.85. The third-order valence-corrected chi connectivity index (χ3v) is 5.89. The minimum absolute atomic E-state index is 0.114. The van der Waals surface area contributed by atoms with Crippen LogP contribution in [0, 0.1) is 5.92 Å². The van der Waals surface area contributed by atoms with Crippen molar-refractivity contribution in [3.05, 3.63) is 29.3 Å². The van der Waals surface area contributed by atoms with Gasteiger partial charge in [0.25, 0.3) is 11.8 Å². The van der Waals surface area contributed by atoms with Crippen molar-refractivity contribution in [2.75, 3.05) is 24.5 Å². The van der Waals surface area contributed by atoms with Crippen LogP contribution in [-0.2, 0) is 9.59 Å². The van der Waals surface area contributed by atoms with Crippen LogP contribution in [0.15, 0.2) is 18.2 Å². The lowest BCUT2D eigenvalue weighted by molar-refractivity contribution is -0.136. The van der Waals surface area contributed by atoms with E-state index in [1.165, 1.54) is 0 Å². The highest BCUT2D eigenvalue weighted by molar-refractivity contribution is 6.23. The molecule has 3 aliphatic rings. The van der Waals surface area contributed by atoms with Crippen LogP contribution in [0.4, 0.5) is 5.69 Å². The van der Waals surface area contributed by atoms with Crippen molar-refractivity contribution >= 4 is 29.3 Å². The van der Waals surface area contributed by atoms with E-state index in [0.29, 0.717) is 23.6 Å². The van der Waals surface area contributed by atoms with Gasteiger partial charge in [-0.25, -0.2) is 0 Å². The number of benzene rings is 1. The standard InChI is InChI=1S/C20H24N4O4/c21-10-12-3-1-2-8-23(11-12)13-4-5-14-15(9-13)20(28)24(19(14)27)16-6-7-17(25)22-18(16)26/h4-5,9,12,16H,1-3,6-8,10-11,21H2,(H,22,25,26). The Hall–Kier alpha value is -2.74. The van der Waals surface area contributed by atoms with Gasteiger partial charge in [0.1, 0.15) is 6.04 Å². The zero-order valence-corrected chi connectivity index (χ0v) is 15.6. The maximum absolute atomic E-state index is 13.0. The van der Waals surface area contributed by atoms with Gasteiger partial charge in [-0.2, -0.15) is 0 Å². The molecule has 0 aromatic heterocycles. The van der Waals surface area contributed by atoms with Gasteiger partial charge in [0, 0.05) is 25.2 Å². The normalized spacial score (nSPS) is 25.6. The van der Waals surface area contributed by atoms with E-state index in [2.05, 4.69) is 10.2 Å². The molecule has 1 aromatic rings. The zero-order chi connectivity index (χ0) is 19.8. The van der Waals surface area contributed by atoms with E-state index < -0.39 is 23.8 Å². The summed E-state index contributed by atoms with van der Waals surface area (Å²) in [6.45, 7) is 2.34. The molecule has 2 saturated heterocycles. The highest BCUT2D eigenvalue weighted by atomic mass is 16.2. The van der Waals surface area contributed by atoms with E-state index in [4.69, 9.17) is 5.73 Å². The molecule has 0 saturated carbocycles. The highest BCUT2D eigenvalue weighted by Crippen LogP contribution is 2.31. The lowest BCUT2D eigenvalue weighted by Crippen LogP contribution is -2.54. The lowest BCUT2D eigenvalue weighted by Gasteiger charge is -2.27. The number of nitrogens with two attached hydrogens (primary N) is 1. The van der Waals surface area contributed by atoms with Gasteiger partial charge < -0.3 is 10.6 Å². The minimum atomic E-state index is -0.937. The summed E-state index contributed by atoms with van der Waals surface area (Å²) in [6.07, 6.45) is 3.56. The topological polar surface area (TPSA) is 113 Å². The van der Waals surface area contributed by atoms with Crippen LogP contribution in [-0.4, -0.2) is 54.2 Å². The first-order valence-corrected chi connectivity index (χ1v) is 9.80. The summed E-state index contributed by atoms with van der Waals surface area (Å²) < 4.78 is 0. The maximum Gasteiger partial charge on any atom is 0.262 e. The molecule has 2 fully saturated rings. The molecule has 1 aromatic carbocycles. The van der Waals surface area contributed by atoms with E-state index in [-0.39, 0.29) is 18.7 Å². The molecule has 3 N–H and O–H groups in total. The zero-order valence-electron chi connectivity index (χ0n) is 15.6. The Labute approximate surface area is 163 Å². The van der Waals surface area contributed by atoms with E-state index in [9.17, 15) is 19.2 Å². The van der Waals surface area contributed by atoms with Crippen LogP contribution in [0.25, 0.3) is 0 Å². The van der Waals surface area contributed by atoms with E-state index in [1.54, 1.807) is 12.1 Å². The summed E-state index contributed by atoms with van der Waals surface area (Å²) in [6, 6.07) is 4.34. The molecule has 4 rings (SSSR count). The second kappa shape index (κ2) is 7.35. The molecule has 4 amide bonds. The number of imide groups is 2. The maximum atomic E-state index is 13.0. The fraction of sp³-hybridized carbons (Fsp3) is 0.500. The first-order valence-electron chi connectivity index (χ1n) is 9.80. The number of carbonyl (C=O) groups is 4. The Morgan fingerprint density at radius 1 is 1.04 bits per heavy atom. The van der Waals surface area contributed by atoms with Gasteiger partial charge in [-0.1, -0.05) is 6.42 Å². The molecule has 0 bridgehead atoms. The van der Waals surface area contributed by atoms with Gasteiger partial charge in [0.2, 0.25) is 11.8 Å². The Bertz CT molecular complexity index is 853. The van der Waals surface area contributed by atoms with Crippen molar-refractivity contribution < 1.29 is 19.2 Å². The Kier molecular flexibility index (Phi) is 4.89. The molecule has 2 atom stereocenters. The number of rotatable bonds is 3. The SMILES string of the molecule is NCC1CCCCN(c2ccc3c(c2)C(=O)N(C2CCC(=O)NC2=O)C3=O)C1. The number of carbonyl (C=O) groups excluding carboxylic acids is 4. The molecular formula is C20H24N4O4. The van der Waals surface area contributed by atoms with Crippen LogP contribution in [0.3, 0.4) is 0 Å². The molecule has 0 spiro atoms. The Morgan fingerprint density at radius 3 is 2.57 bits per heavy atom. The van der Waals surface area contributed by atoms with Crippen molar-refractivity contribution in [2.24, 2.45) is 11.7 Å². The van der Waals surface area contributed by atoms with Crippen LogP contribution in [0.2, 0.25) is 0 Å². The molecule has 8 heteroatoms. The summed E-state index contributed by atoms with van der Waals surface area (Å²) in [5.74, 6) is -1.51. The number of hydrogen-bond acceptors (Lipinski definition) is 6. The molecule has 0 radical (unpaired) electrons. The summed E-state index contributed by atoms with van der Waals surface area (Å²) in [7, 11) is 0. The van der Waals surface area contributed by atoms with Crippen LogP contribution in [0.1, 0.15) is 52.8 Å². The van der Waals surface area contributed by atoms with E-state index >= 15 is 0 Å². The predicted octanol–water partition coefficient (Wildman–Crippen LogP) is 0.653. The molecule has 2 unspecified atom stereocenters. The molecule has 0 aliphatic carbocycles. The monoisotopic (exact) mass is 384 g/mol.